The predicted molar refractivity (Wildman–Crippen MR) is 386 cm³/mol. The van der Waals surface area contributed by atoms with E-state index in [0.717, 1.165) is 73.4 Å². The first-order chi connectivity index (χ1) is 46.2. The topological polar surface area (TPSA) is 201 Å². The Bertz CT molecular complexity index is 4670. The van der Waals surface area contributed by atoms with Gasteiger partial charge in [-0.05, 0) is 124 Å². The van der Waals surface area contributed by atoms with Crippen LogP contribution in [-0.2, 0) is 99.6 Å². The second-order valence-corrected chi connectivity index (χ2v) is 22.0. The van der Waals surface area contributed by atoms with Crippen molar-refractivity contribution in [1.29, 1.82) is 0 Å². The Kier molecular flexibility index (Phi) is 41.7. The molecular weight excluding hydrogens is 1990 g/mol. The van der Waals surface area contributed by atoms with Crippen LogP contribution in [0.3, 0.4) is 0 Å². The maximum Gasteiger partial charge on any atom is 0.155 e. The number of nitrogens with zero attached hydrogens (tertiary/aromatic N) is 4. The molecule has 8 aromatic carbocycles. The Hall–Kier alpha value is -9.30. The minimum absolute atomic E-state index is 0. The van der Waals surface area contributed by atoms with Crippen LogP contribution in [0.4, 0.5) is 8.78 Å². The van der Waals surface area contributed by atoms with Gasteiger partial charge >= 0.3 is 0 Å². The molecule has 0 aliphatic heterocycles. The van der Waals surface area contributed by atoms with Gasteiger partial charge in [0.25, 0.3) is 0 Å². The molecule has 0 spiro atoms. The number of aliphatic hydroxyl groups is 4. The van der Waals surface area contributed by atoms with Crippen molar-refractivity contribution in [2.45, 2.75) is 76.2 Å². The van der Waals surface area contributed by atoms with Crippen LogP contribution in [0.2, 0.25) is 0 Å². The van der Waals surface area contributed by atoms with Gasteiger partial charge in [-0.1, -0.05) is 154 Å². The fourth-order valence-electron chi connectivity index (χ4n) is 8.85. The van der Waals surface area contributed by atoms with Gasteiger partial charge in [-0.25, -0.2) is 0 Å². The van der Waals surface area contributed by atoms with Gasteiger partial charge in [-0.15, -0.1) is 118 Å². The number of hydrogen-bond acceptors (Lipinski definition) is 12. The zero-order valence-electron chi connectivity index (χ0n) is 57.3. The Morgan fingerprint density at radius 3 is 1.05 bits per heavy atom. The van der Waals surface area contributed by atoms with Gasteiger partial charge in [0.05, 0.1) is 45.1 Å². The molecule has 0 aliphatic carbocycles. The van der Waals surface area contributed by atoms with Crippen molar-refractivity contribution in [2.75, 3.05) is 0 Å². The number of rotatable bonds is 8. The molecular formula is C83H76F2Ir4N4O8-4. The predicted octanol–water partition coefficient (Wildman–Crippen LogP) is 20.2. The van der Waals surface area contributed by atoms with E-state index >= 15 is 0 Å². The van der Waals surface area contributed by atoms with Crippen LogP contribution in [-0.4, -0.2) is 63.5 Å². The summed E-state index contributed by atoms with van der Waals surface area (Å²) in [4.78, 5) is 58.4. The number of aliphatic hydroxyl groups excluding tert-OH is 4. The van der Waals surface area contributed by atoms with E-state index < -0.39 is 11.6 Å². The van der Waals surface area contributed by atoms with E-state index in [4.69, 9.17) is 20.4 Å². The number of ketones is 4. The van der Waals surface area contributed by atoms with Crippen LogP contribution in [0.15, 0.2) is 260 Å². The second kappa shape index (κ2) is 46.9. The van der Waals surface area contributed by atoms with Crippen LogP contribution in [0.1, 0.15) is 72.1 Å². The number of para-hydroxylation sites is 4. The number of halogens is 2. The average Bonchev–Trinajstić information content (AvgIpc) is 0.840. The third-order valence-corrected chi connectivity index (χ3v) is 13.0. The summed E-state index contributed by atoms with van der Waals surface area (Å²) in [6.07, 6.45) is 4.67. The number of pyridine rings is 4. The Morgan fingerprint density at radius 1 is 0.347 bits per heavy atom. The van der Waals surface area contributed by atoms with Crippen molar-refractivity contribution in [2.24, 2.45) is 0 Å². The number of benzene rings is 8. The summed E-state index contributed by atoms with van der Waals surface area (Å²) in [7, 11) is 0. The standard InChI is InChI=1S/3C16H12N.C15H8F2N.4C5H8O2.4Ir/c1-12-6-2-4-8-14(12)16-11-10-13-7-3-5-9-15(13)17-16;1-12-5-4-7-14(11-12)16-10-9-13-6-2-3-8-15(13)17-16;1-12-6-8-14(9-7-12)16-11-10-13-4-2-3-5-15(13)17-16;16-11-6-7-12(13(17)9-11)15-8-5-10-3-1-2-4-14(10)18-15;4*1-4(6)3-5(2)7;;;;/h2-7,9-11H,1H3;2-6,8-11H,1H3;2-8,10-11H,1H3;1-6,8-9H;4*3,6H,1-2H3;;;;/q4*-1;;;;;;;;. The molecule has 0 atom stereocenters. The van der Waals surface area contributed by atoms with Gasteiger partial charge in [0.15, 0.2) is 23.1 Å². The van der Waals surface area contributed by atoms with E-state index in [2.05, 4.69) is 132 Å². The molecule has 0 saturated heterocycles. The van der Waals surface area contributed by atoms with Gasteiger partial charge < -0.3 is 20.4 Å². The Labute approximate surface area is 643 Å². The average molecular weight is 2060 g/mol. The van der Waals surface area contributed by atoms with Gasteiger partial charge in [-0.2, -0.15) is 0 Å². The summed E-state index contributed by atoms with van der Waals surface area (Å²) in [5, 5.41) is 37.9. The summed E-state index contributed by atoms with van der Waals surface area (Å²) in [5.41, 5.74) is 14.3. The van der Waals surface area contributed by atoms with Gasteiger partial charge in [0.2, 0.25) is 0 Å². The third kappa shape index (κ3) is 33.2. The summed E-state index contributed by atoms with van der Waals surface area (Å²) in [6, 6.07) is 80.6. The van der Waals surface area contributed by atoms with E-state index in [0.29, 0.717) is 5.69 Å². The number of aromatic nitrogens is 4. The quantitative estimate of drug-likeness (QED) is 0.0638. The van der Waals surface area contributed by atoms with Gasteiger partial charge in [0, 0.05) is 116 Å². The van der Waals surface area contributed by atoms with Crippen molar-refractivity contribution in [3.8, 4) is 45.0 Å². The molecule has 0 amide bonds. The molecule has 101 heavy (non-hydrogen) atoms. The number of carbonyl (C=O) groups is 4. The summed E-state index contributed by atoms with van der Waals surface area (Å²) < 4.78 is 26.4. The Balaban J connectivity index is 0.000000593. The van der Waals surface area contributed by atoms with Crippen molar-refractivity contribution in [3.63, 3.8) is 0 Å². The van der Waals surface area contributed by atoms with Crippen LogP contribution < -0.4 is 0 Å². The number of aryl methyl sites for hydroxylation is 3. The first-order valence-corrected chi connectivity index (χ1v) is 30.5. The van der Waals surface area contributed by atoms with Crippen molar-refractivity contribution in [1.82, 2.24) is 19.9 Å². The van der Waals surface area contributed by atoms with Crippen molar-refractivity contribution in [3.05, 3.63) is 312 Å². The molecule has 530 valence electrons. The summed E-state index contributed by atoms with van der Waals surface area (Å²) in [6.45, 7) is 17.6. The molecule has 18 heteroatoms. The SMILES string of the molecule is CC(=O)C=C(C)O.CC(=O)C=C(C)O.CC(=O)C=C(C)O.CC(=O)C=C(C)O.Cc1c[c-]c(-c2ccc3ccccc3n2)cc1.Cc1cc[c-]c(-c2ccc3ccccc3n2)c1.Cc1ccc[c-]c1-c1ccc2ccccc2n1.Fc1c[c-]c(-c2ccc3ccccc3n2)c(F)c1.[Ir].[Ir].[Ir].[Ir]. The van der Waals surface area contributed by atoms with Crippen molar-refractivity contribution >= 4 is 66.7 Å². The first kappa shape index (κ1) is 89.7. The molecule has 12 rings (SSSR count). The molecule has 0 bridgehead atoms. The van der Waals surface area contributed by atoms with E-state index in [1.807, 2.05) is 127 Å². The fraction of sp³-hybridized carbons (Fsp3) is 0.133. The van der Waals surface area contributed by atoms with Crippen LogP contribution in [0, 0.1) is 56.7 Å². The number of carbonyl (C=O) groups excluding carboxylic acids is 4. The first-order valence-electron chi connectivity index (χ1n) is 30.5. The van der Waals surface area contributed by atoms with E-state index in [1.165, 1.54) is 113 Å². The number of fused-ring (bicyclic) bond motifs is 4. The molecule has 12 aromatic rings. The normalized spacial score (nSPS) is 10.5. The molecule has 4 N–H and O–H groups in total. The molecule has 0 aliphatic rings. The smallest absolute Gasteiger partial charge is 0.155 e. The van der Waals surface area contributed by atoms with Gasteiger partial charge in [-0.3, -0.25) is 47.9 Å². The molecule has 12 nitrogen and oxygen atoms in total. The van der Waals surface area contributed by atoms with Gasteiger partial charge in [0.1, 0.15) is 0 Å². The van der Waals surface area contributed by atoms with Crippen LogP contribution in [0.25, 0.3) is 88.6 Å². The minimum atomic E-state index is -0.655. The largest absolute Gasteiger partial charge is 0.512 e. The van der Waals surface area contributed by atoms with E-state index in [9.17, 15) is 28.0 Å². The molecule has 0 unspecified atom stereocenters. The number of hydrogen-bond donors (Lipinski definition) is 4. The maximum absolute atomic E-state index is 13.6. The summed E-state index contributed by atoms with van der Waals surface area (Å²) in [5.74, 6) is -1.55. The van der Waals surface area contributed by atoms with E-state index in [-0.39, 0.29) is 132 Å². The third-order valence-electron chi connectivity index (χ3n) is 13.0. The molecule has 4 heterocycles. The number of allylic oxidation sites excluding steroid dienone is 8. The monoisotopic (exact) mass is 2070 g/mol. The maximum atomic E-state index is 13.6. The van der Waals surface area contributed by atoms with E-state index in [1.54, 1.807) is 6.07 Å². The minimum Gasteiger partial charge on any atom is -0.512 e. The molecule has 4 radical (unpaired) electrons. The zero-order valence-corrected chi connectivity index (χ0v) is 66.9. The Morgan fingerprint density at radius 2 is 0.713 bits per heavy atom. The van der Waals surface area contributed by atoms with Crippen LogP contribution in [0.5, 0.6) is 0 Å². The molecule has 0 fully saturated rings. The molecule has 0 saturated carbocycles. The van der Waals surface area contributed by atoms with Crippen molar-refractivity contribution < 1.29 is 129 Å². The zero-order chi connectivity index (χ0) is 71.0. The fourth-order valence-corrected chi connectivity index (χ4v) is 8.85. The second-order valence-electron chi connectivity index (χ2n) is 22.0. The molecule has 4 aromatic heterocycles. The summed E-state index contributed by atoms with van der Waals surface area (Å²) >= 11 is 0. The van der Waals surface area contributed by atoms with Crippen LogP contribution >= 0.6 is 0 Å².